The van der Waals surface area contributed by atoms with Crippen molar-refractivity contribution in [2.45, 2.75) is 19.9 Å². The lowest BCUT2D eigenvalue weighted by atomic mass is 9.95. The van der Waals surface area contributed by atoms with Crippen LogP contribution in [0.2, 0.25) is 0 Å². The molecule has 0 saturated heterocycles. The zero-order chi connectivity index (χ0) is 18.6. The Morgan fingerprint density at radius 3 is 2.72 bits per heavy atom. The molecule has 0 aliphatic carbocycles. The average Bonchev–Trinajstić information content (AvgIpc) is 2.57. The fraction of sp³-hybridized carbons (Fsp3) is 0.412. The Hall–Kier alpha value is -1.93. The number of rotatable bonds is 6. The van der Waals surface area contributed by atoms with Crippen LogP contribution in [0, 0.1) is 5.82 Å². The van der Waals surface area contributed by atoms with E-state index in [0.717, 1.165) is 0 Å². The van der Waals surface area contributed by atoms with Crippen LogP contribution in [0.4, 0.5) is 9.18 Å². The van der Waals surface area contributed by atoms with Crippen molar-refractivity contribution >= 4 is 27.9 Å². The van der Waals surface area contributed by atoms with Crippen LogP contribution < -0.4 is 5.32 Å². The van der Waals surface area contributed by atoms with Gasteiger partial charge in [0.25, 0.3) is 0 Å². The molecule has 0 spiro atoms. The molecule has 2 amide bonds. The topological polar surface area (TPSA) is 67.9 Å². The lowest BCUT2D eigenvalue weighted by molar-refractivity contribution is -0.140. The van der Waals surface area contributed by atoms with Crippen LogP contribution in [0.15, 0.2) is 33.9 Å². The maximum Gasteiger partial charge on any atom is 0.338 e. The number of ether oxygens (including phenoxy) is 2. The molecule has 6 nitrogen and oxygen atoms in total. The van der Waals surface area contributed by atoms with Gasteiger partial charge in [-0.2, -0.15) is 0 Å². The second kappa shape index (κ2) is 8.44. The molecule has 2 rings (SSSR count). The van der Waals surface area contributed by atoms with E-state index in [1.165, 1.54) is 30.2 Å². The Morgan fingerprint density at radius 2 is 2.12 bits per heavy atom. The summed E-state index contributed by atoms with van der Waals surface area (Å²) in [5.41, 5.74) is 1.41. The molecule has 1 aromatic carbocycles. The van der Waals surface area contributed by atoms with Gasteiger partial charge in [0.1, 0.15) is 12.4 Å². The number of amides is 2. The number of hydrogen-bond acceptors (Lipinski definition) is 4. The monoisotopic (exact) mass is 414 g/mol. The standard InChI is InChI=1S/C17H20BrFN2O4/c1-4-21-10(2)14(16(22)25-8-7-24-3)15(20-17(21)23)11-5-6-13(19)12(18)9-11/h5-6,9,15H,4,7-8H2,1-3H3,(H,20,23). The minimum Gasteiger partial charge on any atom is -0.460 e. The molecule has 0 saturated carbocycles. The Kier molecular flexibility index (Phi) is 6.55. The van der Waals surface area contributed by atoms with E-state index in [1.54, 1.807) is 6.92 Å². The molecule has 0 radical (unpaired) electrons. The van der Waals surface area contributed by atoms with Crippen molar-refractivity contribution in [3.63, 3.8) is 0 Å². The predicted octanol–water partition coefficient (Wildman–Crippen LogP) is 3.14. The summed E-state index contributed by atoms with van der Waals surface area (Å²) < 4.78 is 23.9. The second-order valence-corrected chi connectivity index (χ2v) is 6.28. The van der Waals surface area contributed by atoms with E-state index < -0.39 is 17.8 Å². The summed E-state index contributed by atoms with van der Waals surface area (Å²) in [5.74, 6) is -0.968. The van der Waals surface area contributed by atoms with Crippen LogP contribution in [0.1, 0.15) is 25.5 Å². The van der Waals surface area contributed by atoms with Gasteiger partial charge in [-0.25, -0.2) is 14.0 Å². The minimum atomic E-state index is -0.720. The normalized spacial score (nSPS) is 17.6. The van der Waals surface area contributed by atoms with Gasteiger partial charge in [-0.15, -0.1) is 0 Å². The smallest absolute Gasteiger partial charge is 0.338 e. The highest BCUT2D eigenvalue weighted by Gasteiger charge is 2.36. The van der Waals surface area contributed by atoms with E-state index in [0.29, 0.717) is 23.4 Å². The van der Waals surface area contributed by atoms with Gasteiger partial charge in [-0.05, 0) is 47.5 Å². The summed E-state index contributed by atoms with van der Waals surface area (Å²) in [6.45, 7) is 4.29. The molecule has 1 N–H and O–H groups in total. The SMILES string of the molecule is CCN1C(=O)NC(c2ccc(F)c(Br)c2)C(C(=O)OCCOC)=C1C. The third kappa shape index (κ3) is 4.19. The summed E-state index contributed by atoms with van der Waals surface area (Å²) in [6.07, 6.45) is 0. The number of allylic oxidation sites excluding steroid dienone is 1. The van der Waals surface area contributed by atoms with Crippen molar-refractivity contribution < 1.29 is 23.5 Å². The van der Waals surface area contributed by atoms with Gasteiger partial charge in [-0.1, -0.05) is 6.07 Å². The van der Waals surface area contributed by atoms with E-state index in [2.05, 4.69) is 21.2 Å². The molecule has 1 aliphatic heterocycles. The fourth-order valence-corrected chi connectivity index (χ4v) is 3.06. The van der Waals surface area contributed by atoms with Crippen molar-refractivity contribution in [1.82, 2.24) is 10.2 Å². The number of nitrogens with zero attached hydrogens (tertiary/aromatic N) is 1. The number of methoxy groups -OCH3 is 1. The number of benzene rings is 1. The number of carbonyl (C=O) groups excluding carboxylic acids is 2. The van der Waals surface area contributed by atoms with Crippen LogP contribution in [-0.4, -0.2) is 43.8 Å². The second-order valence-electron chi connectivity index (χ2n) is 5.43. The summed E-state index contributed by atoms with van der Waals surface area (Å²) in [5, 5.41) is 2.79. The minimum absolute atomic E-state index is 0.103. The van der Waals surface area contributed by atoms with Crippen molar-refractivity contribution in [3.8, 4) is 0 Å². The predicted molar refractivity (Wildman–Crippen MR) is 93.3 cm³/mol. The first-order valence-corrected chi connectivity index (χ1v) is 8.59. The highest BCUT2D eigenvalue weighted by Crippen LogP contribution is 2.32. The first-order chi connectivity index (χ1) is 11.9. The van der Waals surface area contributed by atoms with E-state index in [1.807, 2.05) is 6.92 Å². The van der Waals surface area contributed by atoms with Gasteiger partial charge < -0.3 is 14.8 Å². The Bertz CT molecular complexity index is 708. The third-order valence-electron chi connectivity index (χ3n) is 3.93. The largest absolute Gasteiger partial charge is 0.460 e. The first-order valence-electron chi connectivity index (χ1n) is 7.80. The Balaban J connectivity index is 2.44. The number of hydrogen-bond donors (Lipinski definition) is 1. The molecule has 1 aliphatic rings. The maximum atomic E-state index is 13.5. The lowest BCUT2D eigenvalue weighted by Gasteiger charge is -2.34. The van der Waals surface area contributed by atoms with Crippen LogP contribution in [0.5, 0.6) is 0 Å². The van der Waals surface area contributed by atoms with Gasteiger partial charge in [-0.3, -0.25) is 4.90 Å². The van der Waals surface area contributed by atoms with Crippen molar-refractivity contribution in [2.24, 2.45) is 0 Å². The number of nitrogens with one attached hydrogen (secondary N) is 1. The molecule has 1 aromatic rings. The molecule has 0 fully saturated rings. The average molecular weight is 415 g/mol. The zero-order valence-corrected chi connectivity index (χ0v) is 15.9. The molecule has 0 bridgehead atoms. The summed E-state index contributed by atoms with van der Waals surface area (Å²) >= 11 is 3.13. The molecule has 25 heavy (non-hydrogen) atoms. The van der Waals surface area contributed by atoms with E-state index >= 15 is 0 Å². The van der Waals surface area contributed by atoms with Gasteiger partial charge in [0.15, 0.2) is 0 Å². The first kappa shape index (κ1) is 19.4. The number of halogens is 2. The van der Waals surface area contributed by atoms with Crippen molar-refractivity contribution in [1.29, 1.82) is 0 Å². The molecule has 1 unspecified atom stereocenters. The highest BCUT2D eigenvalue weighted by atomic mass is 79.9. The van der Waals surface area contributed by atoms with Gasteiger partial charge >= 0.3 is 12.0 Å². The van der Waals surface area contributed by atoms with Crippen LogP contribution in [-0.2, 0) is 14.3 Å². The van der Waals surface area contributed by atoms with Crippen LogP contribution in [0.25, 0.3) is 0 Å². The van der Waals surface area contributed by atoms with Crippen molar-refractivity contribution in [2.75, 3.05) is 26.9 Å². The molecule has 0 aromatic heterocycles. The van der Waals surface area contributed by atoms with Crippen LogP contribution in [0.3, 0.4) is 0 Å². The summed E-state index contributed by atoms with van der Waals surface area (Å²) in [6, 6.07) is 3.31. The molecule has 8 heteroatoms. The summed E-state index contributed by atoms with van der Waals surface area (Å²) in [7, 11) is 1.51. The quantitative estimate of drug-likeness (QED) is 0.573. The van der Waals surface area contributed by atoms with Gasteiger partial charge in [0.2, 0.25) is 0 Å². The van der Waals surface area contributed by atoms with Gasteiger partial charge in [0.05, 0.1) is 22.7 Å². The third-order valence-corrected chi connectivity index (χ3v) is 4.54. The summed E-state index contributed by atoms with van der Waals surface area (Å²) in [4.78, 5) is 26.4. The van der Waals surface area contributed by atoms with E-state index in [-0.39, 0.29) is 23.7 Å². The molecule has 1 heterocycles. The molecule has 1 atom stereocenters. The molecular formula is C17H20BrFN2O4. The fourth-order valence-electron chi connectivity index (χ4n) is 2.66. The lowest BCUT2D eigenvalue weighted by Crippen LogP contribution is -2.48. The van der Waals surface area contributed by atoms with Crippen LogP contribution >= 0.6 is 15.9 Å². The van der Waals surface area contributed by atoms with E-state index in [9.17, 15) is 14.0 Å². The van der Waals surface area contributed by atoms with Gasteiger partial charge in [0, 0.05) is 19.4 Å². The van der Waals surface area contributed by atoms with Crippen molar-refractivity contribution in [3.05, 3.63) is 45.3 Å². The molecular weight excluding hydrogens is 395 g/mol. The van der Waals surface area contributed by atoms with E-state index in [4.69, 9.17) is 9.47 Å². The highest BCUT2D eigenvalue weighted by molar-refractivity contribution is 9.10. The Morgan fingerprint density at radius 1 is 1.40 bits per heavy atom. The molecule has 136 valence electrons. The Labute approximate surface area is 154 Å². The number of esters is 1. The number of urea groups is 1. The number of carbonyl (C=O) groups is 2. The zero-order valence-electron chi connectivity index (χ0n) is 14.3. The maximum absolute atomic E-state index is 13.5.